The molecule has 1 N–H and O–H groups in total. The van der Waals surface area contributed by atoms with Crippen LogP contribution in [0, 0.1) is 10.1 Å². The van der Waals surface area contributed by atoms with Crippen LogP contribution in [-0.4, -0.2) is 17.9 Å². The standard InChI is InChI=1S/C15H13N3O5S2/c1-2-17-13-7-6-10(8-14(13)24-15(17)19)16-25(22,23)12-5-3-4-11(9-12)18(20)21/h3-9,16H,2H2,1H3. The van der Waals surface area contributed by atoms with Crippen molar-refractivity contribution in [3.8, 4) is 0 Å². The number of non-ortho nitro benzene ring substituents is 1. The zero-order valence-electron chi connectivity index (χ0n) is 13.0. The molecule has 0 aliphatic heterocycles. The average molecular weight is 379 g/mol. The first-order valence-corrected chi connectivity index (χ1v) is 9.52. The minimum atomic E-state index is -3.98. The van der Waals surface area contributed by atoms with E-state index in [1.54, 1.807) is 22.8 Å². The monoisotopic (exact) mass is 379 g/mol. The number of rotatable bonds is 5. The number of benzene rings is 2. The van der Waals surface area contributed by atoms with Crippen molar-refractivity contribution in [2.75, 3.05) is 4.72 Å². The van der Waals surface area contributed by atoms with Gasteiger partial charge in [0.15, 0.2) is 0 Å². The maximum Gasteiger partial charge on any atom is 0.308 e. The Balaban J connectivity index is 1.98. The molecule has 130 valence electrons. The highest BCUT2D eigenvalue weighted by atomic mass is 32.2. The quantitative estimate of drug-likeness (QED) is 0.541. The normalized spacial score (nSPS) is 11.6. The molecule has 1 aromatic heterocycles. The fraction of sp³-hybridized carbons (Fsp3) is 0.133. The topological polar surface area (TPSA) is 111 Å². The summed E-state index contributed by atoms with van der Waals surface area (Å²) < 4.78 is 29.5. The highest BCUT2D eigenvalue weighted by Crippen LogP contribution is 2.25. The van der Waals surface area contributed by atoms with Crippen molar-refractivity contribution < 1.29 is 13.3 Å². The summed E-state index contributed by atoms with van der Waals surface area (Å²) in [5, 5.41) is 10.8. The van der Waals surface area contributed by atoms with Gasteiger partial charge >= 0.3 is 4.87 Å². The summed E-state index contributed by atoms with van der Waals surface area (Å²) in [4.78, 5) is 21.7. The minimum Gasteiger partial charge on any atom is -0.299 e. The highest BCUT2D eigenvalue weighted by molar-refractivity contribution is 7.92. The van der Waals surface area contributed by atoms with Gasteiger partial charge in [0, 0.05) is 18.7 Å². The smallest absolute Gasteiger partial charge is 0.299 e. The summed E-state index contributed by atoms with van der Waals surface area (Å²) in [6.07, 6.45) is 0. The van der Waals surface area contributed by atoms with Gasteiger partial charge in [0.05, 0.1) is 25.7 Å². The summed E-state index contributed by atoms with van der Waals surface area (Å²) in [7, 11) is -3.98. The summed E-state index contributed by atoms with van der Waals surface area (Å²) >= 11 is 1.03. The van der Waals surface area contributed by atoms with Crippen LogP contribution in [0.3, 0.4) is 0 Å². The lowest BCUT2D eigenvalue weighted by atomic mass is 10.3. The predicted octanol–water partition coefficient (Wildman–Crippen LogP) is 2.79. The fourth-order valence-electron chi connectivity index (χ4n) is 2.41. The van der Waals surface area contributed by atoms with Crippen LogP contribution in [0.15, 0.2) is 52.2 Å². The van der Waals surface area contributed by atoms with Gasteiger partial charge in [-0.15, -0.1) is 0 Å². The number of aromatic nitrogens is 1. The number of fused-ring (bicyclic) bond motifs is 1. The molecule has 0 saturated heterocycles. The van der Waals surface area contributed by atoms with Crippen LogP contribution in [0.25, 0.3) is 10.2 Å². The van der Waals surface area contributed by atoms with Crippen molar-refractivity contribution in [3.63, 3.8) is 0 Å². The number of hydrogen-bond acceptors (Lipinski definition) is 6. The Morgan fingerprint density at radius 3 is 2.68 bits per heavy atom. The first-order valence-electron chi connectivity index (χ1n) is 7.22. The molecule has 2 aromatic carbocycles. The second-order valence-corrected chi connectivity index (χ2v) is 7.83. The van der Waals surface area contributed by atoms with Crippen LogP contribution in [0.2, 0.25) is 0 Å². The number of aryl methyl sites for hydroxylation is 1. The fourth-order valence-corrected chi connectivity index (χ4v) is 4.49. The van der Waals surface area contributed by atoms with Crippen molar-refractivity contribution in [1.82, 2.24) is 4.57 Å². The molecule has 0 spiro atoms. The lowest BCUT2D eigenvalue weighted by Gasteiger charge is -2.08. The van der Waals surface area contributed by atoms with E-state index < -0.39 is 14.9 Å². The third-order valence-corrected chi connectivity index (χ3v) is 5.90. The lowest BCUT2D eigenvalue weighted by molar-refractivity contribution is -0.385. The third-order valence-electron chi connectivity index (χ3n) is 3.58. The molecule has 0 amide bonds. The van der Waals surface area contributed by atoms with Gasteiger partial charge in [-0.3, -0.25) is 24.2 Å². The van der Waals surface area contributed by atoms with Crippen LogP contribution in [-0.2, 0) is 16.6 Å². The summed E-state index contributed by atoms with van der Waals surface area (Å²) in [5.74, 6) is 0. The van der Waals surface area contributed by atoms with Crippen molar-refractivity contribution in [2.24, 2.45) is 0 Å². The second-order valence-electron chi connectivity index (χ2n) is 5.15. The van der Waals surface area contributed by atoms with Crippen molar-refractivity contribution in [3.05, 3.63) is 62.2 Å². The van der Waals surface area contributed by atoms with Crippen LogP contribution in [0.4, 0.5) is 11.4 Å². The van der Waals surface area contributed by atoms with E-state index in [-0.39, 0.29) is 21.1 Å². The van der Waals surface area contributed by atoms with Gasteiger partial charge in [-0.1, -0.05) is 17.4 Å². The zero-order chi connectivity index (χ0) is 18.2. The van der Waals surface area contributed by atoms with Gasteiger partial charge < -0.3 is 0 Å². The van der Waals surface area contributed by atoms with E-state index in [0.29, 0.717) is 11.2 Å². The number of nitrogens with one attached hydrogen (secondary N) is 1. The molecule has 0 aliphatic rings. The average Bonchev–Trinajstić information content (AvgIpc) is 2.88. The molecule has 3 aromatic rings. The summed E-state index contributed by atoms with van der Waals surface area (Å²) in [5.41, 5.74) is 0.705. The van der Waals surface area contributed by atoms with E-state index in [4.69, 9.17) is 0 Å². The van der Waals surface area contributed by atoms with Crippen molar-refractivity contribution in [1.29, 1.82) is 0 Å². The second kappa shape index (κ2) is 6.30. The molecule has 0 fully saturated rings. The number of anilines is 1. The van der Waals surface area contributed by atoms with Crippen LogP contribution < -0.4 is 9.60 Å². The molecule has 0 saturated carbocycles. The predicted molar refractivity (Wildman–Crippen MR) is 95.7 cm³/mol. The third kappa shape index (κ3) is 3.26. The molecular formula is C15H13N3O5S2. The van der Waals surface area contributed by atoms with Crippen LogP contribution in [0.1, 0.15) is 6.92 Å². The Bertz CT molecular complexity index is 1130. The Labute approximate surface area is 146 Å². The molecule has 8 nitrogen and oxygen atoms in total. The lowest BCUT2D eigenvalue weighted by Crippen LogP contribution is -2.13. The van der Waals surface area contributed by atoms with Gasteiger partial charge in [-0.05, 0) is 31.2 Å². The summed E-state index contributed by atoms with van der Waals surface area (Å²) in [6.45, 7) is 2.38. The highest BCUT2D eigenvalue weighted by Gasteiger charge is 2.18. The largest absolute Gasteiger partial charge is 0.308 e. The molecule has 0 atom stereocenters. The molecule has 1 heterocycles. The van der Waals surface area contributed by atoms with Gasteiger partial charge in [-0.25, -0.2) is 8.42 Å². The van der Waals surface area contributed by atoms with Gasteiger partial charge in [0.2, 0.25) is 0 Å². The number of sulfonamides is 1. The number of nitro groups is 1. The molecular weight excluding hydrogens is 366 g/mol. The zero-order valence-corrected chi connectivity index (χ0v) is 14.6. The minimum absolute atomic E-state index is 0.115. The Morgan fingerprint density at radius 2 is 2.00 bits per heavy atom. The molecule has 25 heavy (non-hydrogen) atoms. The SMILES string of the molecule is CCn1c(=O)sc2cc(NS(=O)(=O)c3cccc([N+](=O)[O-])c3)ccc21. The molecule has 10 heteroatoms. The van der Waals surface area contributed by atoms with Crippen molar-refractivity contribution >= 4 is 43.0 Å². The number of nitro benzene ring substituents is 1. The van der Waals surface area contributed by atoms with E-state index in [2.05, 4.69) is 4.72 Å². The van der Waals surface area contributed by atoms with Crippen LogP contribution >= 0.6 is 11.3 Å². The first kappa shape index (κ1) is 17.1. The van der Waals surface area contributed by atoms with E-state index in [1.807, 2.05) is 6.92 Å². The molecule has 0 aliphatic carbocycles. The maximum absolute atomic E-state index is 12.4. The van der Waals surface area contributed by atoms with Gasteiger partial charge in [-0.2, -0.15) is 0 Å². The summed E-state index contributed by atoms with van der Waals surface area (Å²) in [6, 6.07) is 9.59. The first-order chi connectivity index (χ1) is 11.8. The van der Waals surface area contributed by atoms with Gasteiger partial charge in [0.1, 0.15) is 0 Å². The Morgan fingerprint density at radius 1 is 1.24 bits per heavy atom. The van der Waals surface area contributed by atoms with Gasteiger partial charge in [0.25, 0.3) is 15.7 Å². The Kier molecular flexibility index (Phi) is 4.31. The van der Waals surface area contributed by atoms with E-state index in [9.17, 15) is 23.3 Å². The number of hydrogen-bond donors (Lipinski definition) is 1. The van der Waals surface area contributed by atoms with Crippen LogP contribution in [0.5, 0.6) is 0 Å². The number of nitrogens with zero attached hydrogens (tertiary/aromatic N) is 2. The Hall–Kier alpha value is -2.72. The van der Waals surface area contributed by atoms with E-state index >= 15 is 0 Å². The maximum atomic E-state index is 12.4. The molecule has 3 rings (SSSR count). The van der Waals surface area contributed by atoms with E-state index in [1.165, 1.54) is 18.2 Å². The molecule has 0 bridgehead atoms. The van der Waals surface area contributed by atoms with Crippen molar-refractivity contribution in [2.45, 2.75) is 18.4 Å². The number of thiazole rings is 1. The van der Waals surface area contributed by atoms with E-state index in [0.717, 1.165) is 22.9 Å². The molecule has 0 radical (unpaired) electrons. The molecule has 0 unspecified atom stereocenters.